The van der Waals surface area contributed by atoms with Crippen molar-refractivity contribution >= 4 is 11.6 Å². The van der Waals surface area contributed by atoms with Crippen LogP contribution < -0.4 is 10.6 Å². The molecular weight excluding hydrogens is 204 g/mol. The van der Waals surface area contributed by atoms with Crippen LogP contribution in [0.2, 0.25) is 0 Å². The number of aromatic nitrogens is 2. The van der Waals surface area contributed by atoms with Crippen LogP contribution in [0, 0.1) is 6.92 Å². The molecule has 0 radical (unpaired) electrons. The fourth-order valence-corrected chi connectivity index (χ4v) is 1.15. The Morgan fingerprint density at radius 3 is 2.44 bits per heavy atom. The van der Waals surface area contributed by atoms with Crippen molar-refractivity contribution in [1.29, 1.82) is 0 Å². The summed E-state index contributed by atoms with van der Waals surface area (Å²) in [5, 5.41) is 5.83. The Morgan fingerprint density at radius 1 is 1.38 bits per heavy atom. The normalized spacial score (nSPS) is 11.2. The van der Waals surface area contributed by atoms with Gasteiger partial charge in [0.25, 0.3) is 0 Å². The molecule has 5 heteroatoms. The molecule has 0 aliphatic carbocycles. The molecule has 1 aromatic heterocycles. The number of hydrogen-bond acceptors (Lipinski definition) is 4. The average Bonchev–Trinajstić information content (AvgIpc) is 2.21. The Hall–Kier alpha value is -1.49. The van der Waals surface area contributed by atoms with Gasteiger partial charge in [-0.1, -0.05) is 0 Å². The molecule has 1 amide bonds. The fraction of sp³-hybridized carbons (Fsp3) is 0.545. The van der Waals surface area contributed by atoms with Crippen LogP contribution in [-0.2, 0) is 4.79 Å². The van der Waals surface area contributed by atoms with E-state index in [1.165, 1.54) is 0 Å². The van der Waals surface area contributed by atoms with Gasteiger partial charge in [-0.15, -0.1) is 0 Å². The van der Waals surface area contributed by atoms with E-state index in [0.29, 0.717) is 17.9 Å². The van der Waals surface area contributed by atoms with Crippen molar-refractivity contribution in [3.05, 3.63) is 18.2 Å². The molecule has 0 saturated carbocycles. The number of amides is 1. The molecule has 0 spiro atoms. The first-order valence-electron chi connectivity index (χ1n) is 5.20. The van der Waals surface area contributed by atoms with Gasteiger partial charge in [-0.05, 0) is 27.8 Å². The number of nitrogens with zero attached hydrogens (tertiary/aromatic N) is 2. The van der Waals surface area contributed by atoms with Crippen molar-refractivity contribution in [3.8, 4) is 0 Å². The monoisotopic (exact) mass is 222 g/mol. The summed E-state index contributed by atoms with van der Waals surface area (Å²) in [6, 6.07) is 0. The van der Waals surface area contributed by atoms with Gasteiger partial charge in [-0.2, -0.15) is 0 Å². The van der Waals surface area contributed by atoms with E-state index in [1.807, 2.05) is 20.9 Å². The van der Waals surface area contributed by atoms with Crippen LogP contribution in [0.25, 0.3) is 0 Å². The Balaban J connectivity index is 2.55. The van der Waals surface area contributed by atoms with Gasteiger partial charge in [0.05, 0.1) is 18.1 Å². The highest BCUT2D eigenvalue weighted by molar-refractivity contribution is 5.91. The molecule has 0 atom stereocenters. The minimum absolute atomic E-state index is 0.0493. The predicted molar refractivity (Wildman–Crippen MR) is 63.2 cm³/mol. The zero-order valence-electron chi connectivity index (χ0n) is 10.2. The minimum atomic E-state index is -0.213. The molecule has 0 aromatic carbocycles. The second kappa shape index (κ2) is 5.03. The lowest BCUT2D eigenvalue weighted by Crippen LogP contribution is -2.39. The highest BCUT2D eigenvalue weighted by atomic mass is 16.1. The van der Waals surface area contributed by atoms with E-state index in [0.717, 1.165) is 0 Å². The van der Waals surface area contributed by atoms with Crippen LogP contribution in [-0.4, -0.2) is 28.5 Å². The minimum Gasteiger partial charge on any atom is -0.323 e. The Morgan fingerprint density at radius 2 is 1.94 bits per heavy atom. The van der Waals surface area contributed by atoms with Gasteiger partial charge in [-0.3, -0.25) is 4.79 Å². The number of nitrogens with one attached hydrogen (secondary N) is 2. The van der Waals surface area contributed by atoms with E-state index < -0.39 is 0 Å². The quantitative estimate of drug-likeness (QED) is 0.801. The molecule has 0 saturated heterocycles. The molecule has 1 rings (SSSR count). The lowest BCUT2D eigenvalue weighted by Gasteiger charge is -2.22. The standard InChI is InChI=1S/C11H18N4O/c1-8-13-6-9(7-14-8)15-10(16)5-11(2,3)12-4/h6-7,12H,5H2,1-4H3,(H,15,16). The summed E-state index contributed by atoms with van der Waals surface area (Å²) in [6.07, 6.45) is 3.61. The van der Waals surface area contributed by atoms with Crippen molar-refractivity contribution in [3.63, 3.8) is 0 Å². The van der Waals surface area contributed by atoms with E-state index in [1.54, 1.807) is 19.3 Å². The lowest BCUT2D eigenvalue weighted by molar-refractivity contribution is -0.117. The topological polar surface area (TPSA) is 66.9 Å². The van der Waals surface area contributed by atoms with Crippen molar-refractivity contribution < 1.29 is 4.79 Å². The first-order valence-corrected chi connectivity index (χ1v) is 5.20. The van der Waals surface area contributed by atoms with Gasteiger partial charge >= 0.3 is 0 Å². The van der Waals surface area contributed by atoms with Crippen LogP contribution >= 0.6 is 0 Å². The number of aryl methyl sites for hydroxylation is 1. The SMILES string of the molecule is CNC(C)(C)CC(=O)Nc1cnc(C)nc1. The van der Waals surface area contributed by atoms with E-state index >= 15 is 0 Å². The maximum absolute atomic E-state index is 11.7. The molecule has 0 aliphatic heterocycles. The van der Waals surface area contributed by atoms with E-state index in [-0.39, 0.29) is 11.4 Å². The molecule has 16 heavy (non-hydrogen) atoms. The molecule has 0 unspecified atom stereocenters. The van der Waals surface area contributed by atoms with Gasteiger partial charge in [0, 0.05) is 12.0 Å². The van der Waals surface area contributed by atoms with E-state index in [4.69, 9.17) is 0 Å². The highest BCUT2D eigenvalue weighted by Crippen LogP contribution is 2.10. The van der Waals surface area contributed by atoms with Crippen LogP contribution in [0.1, 0.15) is 26.1 Å². The van der Waals surface area contributed by atoms with Crippen LogP contribution in [0.3, 0.4) is 0 Å². The van der Waals surface area contributed by atoms with Crippen LogP contribution in [0.15, 0.2) is 12.4 Å². The summed E-state index contributed by atoms with van der Waals surface area (Å²) >= 11 is 0. The van der Waals surface area contributed by atoms with E-state index in [2.05, 4.69) is 20.6 Å². The third-order valence-electron chi connectivity index (χ3n) is 2.34. The summed E-state index contributed by atoms with van der Waals surface area (Å²) in [7, 11) is 1.84. The molecule has 1 heterocycles. The number of anilines is 1. The maximum Gasteiger partial charge on any atom is 0.226 e. The Kier molecular flexibility index (Phi) is 3.95. The van der Waals surface area contributed by atoms with Gasteiger partial charge in [0.2, 0.25) is 5.91 Å². The van der Waals surface area contributed by atoms with Gasteiger partial charge < -0.3 is 10.6 Å². The van der Waals surface area contributed by atoms with E-state index in [9.17, 15) is 4.79 Å². The van der Waals surface area contributed by atoms with Crippen LogP contribution in [0.5, 0.6) is 0 Å². The third kappa shape index (κ3) is 3.94. The highest BCUT2D eigenvalue weighted by Gasteiger charge is 2.19. The zero-order valence-corrected chi connectivity index (χ0v) is 10.2. The Bertz CT molecular complexity index is 359. The molecule has 0 fully saturated rings. The van der Waals surface area contributed by atoms with Crippen molar-refractivity contribution in [2.45, 2.75) is 32.7 Å². The third-order valence-corrected chi connectivity index (χ3v) is 2.34. The second-order valence-electron chi connectivity index (χ2n) is 4.38. The molecule has 0 aliphatic rings. The fourth-order valence-electron chi connectivity index (χ4n) is 1.15. The van der Waals surface area contributed by atoms with Gasteiger partial charge in [0.1, 0.15) is 5.82 Å². The first kappa shape index (κ1) is 12.6. The molecule has 88 valence electrons. The number of carbonyl (C=O) groups excluding carboxylic acids is 1. The Labute approximate surface area is 95.7 Å². The van der Waals surface area contributed by atoms with Crippen LogP contribution in [0.4, 0.5) is 5.69 Å². The van der Waals surface area contributed by atoms with Gasteiger partial charge in [0.15, 0.2) is 0 Å². The summed E-state index contributed by atoms with van der Waals surface area (Å²) in [6.45, 7) is 5.74. The molecule has 2 N–H and O–H groups in total. The summed E-state index contributed by atoms with van der Waals surface area (Å²) < 4.78 is 0. The molecule has 0 bridgehead atoms. The molecule has 5 nitrogen and oxygen atoms in total. The summed E-state index contributed by atoms with van der Waals surface area (Å²) in [5.41, 5.74) is 0.415. The first-order chi connectivity index (χ1) is 7.43. The van der Waals surface area contributed by atoms with Crippen molar-refractivity contribution in [1.82, 2.24) is 15.3 Å². The molecule has 1 aromatic rings. The summed E-state index contributed by atoms with van der Waals surface area (Å²) in [5.74, 6) is 0.639. The van der Waals surface area contributed by atoms with Gasteiger partial charge in [-0.25, -0.2) is 9.97 Å². The number of rotatable bonds is 4. The smallest absolute Gasteiger partial charge is 0.226 e. The predicted octanol–water partition coefficient (Wildman–Crippen LogP) is 1.11. The largest absolute Gasteiger partial charge is 0.323 e. The number of hydrogen-bond donors (Lipinski definition) is 2. The number of carbonyl (C=O) groups is 1. The average molecular weight is 222 g/mol. The van der Waals surface area contributed by atoms with Crippen molar-refractivity contribution in [2.24, 2.45) is 0 Å². The van der Waals surface area contributed by atoms with Crippen molar-refractivity contribution in [2.75, 3.05) is 12.4 Å². The zero-order chi connectivity index (χ0) is 12.2. The maximum atomic E-state index is 11.7. The lowest BCUT2D eigenvalue weighted by atomic mass is 10.0. The molecular formula is C11H18N4O. The summed E-state index contributed by atoms with van der Waals surface area (Å²) in [4.78, 5) is 19.7. The second-order valence-corrected chi connectivity index (χ2v) is 4.38.